The topological polar surface area (TPSA) is 105 Å². The van der Waals surface area contributed by atoms with Crippen LogP contribution in [0.3, 0.4) is 0 Å². The SMILES string of the molecule is COc1ccc([N+](=O)[O-])cc1NC(=O)/C(C#N)=C/c1ccc(C)cc1. The number of anilines is 1. The first-order valence-corrected chi connectivity index (χ1v) is 7.27. The Kier molecular flexibility index (Phi) is 5.48. The van der Waals surface area contributed by atoms with Crippen LogP contribution in [0.15, 0.2) is 48.0 Å². The summed E-state index contributed by atoms with van der Waals surface area (Å²) in [6.07, 6.45) is 1.44. The lowest BCUT2D eigenvalue weighted by atomic mass is 10.1. The van der Waals surface area contributed by atoms with Crippen LogP contribution in [0.5, 0.6) is 5.75 Å². The van der Waals surface area contributed by atoms with E-state index >= 15 is 0 Å². The highest BCUT2D eigenvalue weighted by Crippen LogP contribution is 2.29. The van der Waals surface area contributed by atoms with Crippen molar-refractivity contribution in [2.24, 2.45) is 0 Å². The molecule has 25 heavy (non-hydrogen) atoms. The molecular weight excluding hydrogens is 322 g/mol. The molecule has 0 fully saturated rings. The summed E-state index contributed by atoms with van der Waals surface area (Å²) in [6, 6.07) is 13.0. The van der Waals surface area contributed by atoms with Crippen molar-refractivity contribution in [1.82, 2.24) is 0 Å². The Morgan fingerprint density at radius 1 is 1.28 bits per heavy atom. The number of methoxy groups -OCH3 is 1. The fourth-order valence-corrected chi connectivity index (χ4v) is 2.07. The van der Waals surface area contributed by atoms with Crippen LogP contribution in [0, 0.1) is 28.4 Å². The maximum Gasteiger partial charge on any atom is 0.271 e. The van der Waals surface area contributed by atoms with E-state index in [0.717, 1.165) is 5.56 Å². The summed E-state index contributed by atoms with van der Waals surface area (Å²) >= 11 is 0. The van der Waals surface area contributed by atoms with Crippen LogP contribution >= 0.6 is 0 Å². The first-order valence-electron chi connectivity index (χ1n) is 7.27. The fraction of sp³-hybridized carbons (Fsp3) is 0.111. The molecule has 1 N–H and O–H groups in total. The van der Waals surface area contributed by atoms with E-state index in [0.29, 0.717) is 5.56 Å². The molecule has 0 radical (unpaired) electrons. The molecule has 2 aromatic rings. The summed E-state index contributed by atoms with van der Waals surface area (Å²) in [5, 5.41) is 22.6. The van der Waals surface area contributed by atoms with Gasteiger partial charge in [0.25, 0.3) is 11.6 Å². The molecule has 0 heterocycles. The molecule has 2 aromatic carbocycles. The number of carbonyl (C=O) groups excluding carboxylic acids is 1. The summed E-state index contributed by atoms with van der Waals surface area (Å²) in [4.78, 5) is 22.6. The highest BCUT2D eigenvalue weighted by atomic mass is 16.6. The summed E-state index contributed by atoms with van der Waals surface area (Å²) in [5.41, 5.74) is 1.55. The highest BCUT2D eigenvalue weighted by molar-refractivity contribution is 6.10. The smallest absolute Gasteiger partial charge is 0.271 e. The fourth-order valence-electron chi connectivity index (χ4n) is 2.07. The minimum atomic E-state index is -0.679. The summed E-state index contributed by atoms with van der Waals surface area (Å²) < 4.78 is 5.09. The quantitative estimate of drug-likeness (QED) is 0.389. The number of aryl methyl sites for hydroxylation is 1. The van der Waals surface area contributed by atoms with Crippen LogP contribution in [0.1, 0.15) is 11.1 Å². The zero-order valence-electron chi connectivity index (χ0n) is 13.6. The maximum atomic E-state index is 12.3. The minimum absolute atomic E-state index is 0.117. The van der Waals surface area contributed by atoms with Gasteiger partial charge in [-0.15, -0.1) is 0 Å². The number of ether oxygens (including phenoxy) is 1. The second-order valence-corrected chi connectivity index (χ2v) is 5.18. The van der Waals surface area contributed by atoms with Crippen molar-refractivity contribution in [2.75, 3.05) is 12.4 Å². The predicted octanol–water partition coefficient (Wildman–Crippen LogP) is 3.46. The molecule has 126 valence electrons. The second kappa shape index (κ2) is 7.75. The molecule has 0 aromatic heterocycles. The molecule has 0 aliphatic heterocycles. The summed E-state index contributed by atoms with van der Waals surface area (Å²) in [6.45, 7) is 1.93. The Labute approximate surface area is 144 Å². The Balaban J connectivity index is 2.31. The molecule has 1 amide bonds. The number of nitro benzene ring substituents is 1. The van der Waals surface area contributed by atoms with Gasteiger partial charge in [-0.25, -0.2) is 0 Å². The molecule has 0 spiro atoms. The normalized spacial score (nSPS) is 10.7. The van der Waals surface area contributed by atoms with Crippen molar-refractivity contribution in [3.05, 3.63) is 69.3 Å². The van der Waals surface area contributed by atoms with E-state index in [4.69, 9.17) is 4.74 Å². The Morgan fingerprint density at radius 2 is 1.96 bits per heavy atom. The zero-order valence-corrected chi connectivity index (χ0v) is 13.6. The average molecular weight is 337 g/mol. The number of benzene rings is 2. The van der Waals surface area contributed by atoms with Gasteiger partial charge in [0.2, 0.25) is 0 Å². The molecule has 0 saturated heterocycles. The number of nitrogens with one attached hydrogen (secondary N) is 1. The van der Waals surface area contributed by atoms with Gasteiger partial charge in [-0.3, -0.25) is 14.9 Å². The van der Waals surface area contributed by atoms with E-state index < -0.39 is 10.8 Å². The maximum absolute atomic E-state index is 12.3. The lowest BCUT2D eigenvalue weighted by Crippen LogP contribution is -2.14. The van der Waals surface area contributed by atoms with E-state index in [1.54, 1.807) is 12.1 Å². The predicted molar refractivity (Wildman–Crippen MR) is 93.0 cm³/mol. The van der Waals surface area contributed by atoms with E-state index in [1.807, 2.05) is 25.1 Å². The molecule has 0 atom stereocenters. The van der Waals surface area contributed by atoms with Gasteiger partial charge in [0.1, 0.15) is 17.4 Å². The van der Waals surface area contributed by atoms with Gasteiger partial charge in [-0.05, 0) is 24.6 Å². The summed E-state index contributed by atoms with van der Waals surface area (Å²) in [7, 11) is 1.38. The molecule has 0 saturated carbocycles. The Bertz CT molecular complexity index is 880. The van der Waals surface area contributed by atoms with Gasteiger partial charge in [-0.1, -0.05) is 29.8 Å². The number of nitrogens with zero attached hydrogens (tertiary/aromatic N) is 2. The number of amides is 1. The molecule has 0 aliphatic rings. The minimum Gasteiger partial charge on any atom is -0.495 e. The largest absolute Gasteiger partial charge is 0.495 e. The molecule has 0 aliphatic carbocycles. The number of non-ortho nitro benzene ring substituents is 1. The van der Waals surface area contributed by atoms with Gasteiger partial charge in [0, 0.05) is 12.1 Å². The third kappa shape index (κ3) is 4.42. The molecule has 0 unspecified atom stereocenters. The van der Waals surface area contributed by atoms with E-state index in [1.165, 1.54) is 31.4 Å². The number of rotatable bonds is 5. The zero-order chi connectivity index (χ0) is 18.4. The van der Waals surface area contributed by atoms with Crippen molar-refractivity contribution in [3.8, 4) is 11.8 Å². The van der Waals surface area contributed by atoms with Crippen LogP contribution in [0.25, 0.3) is 6.08 Å². The number of carbonyl (C=O) groups is 1. The Hall–Kier alpha value is -3.66. The summed E-state index contributed by atoms with van der Waals surface area (Å²) in [5.74, 6) is -0.423. The van der Waals surface area contributed by atoms with Crippen molar-refractivity contribution >= 4 is 23.4 Å². The van der Waals surface area contributed by atoms with Gasteiger partial charge >= 0.3 is 0 Å². The number of nitro groups is 1. The van der Waals surface area contributed by atoms with Crippen molar-refractivity contribution in [1.29, 1.82) is 5.26 Å². The van der Waals surface area contributed by atoms with Crippen molar-refractivity contribution in [3.63, 3.8) is 0 Å². The van der Waals surface area contributed by atoms with Crippen LogP contribution in [-0.2, 0) is 4.79 Å². The van der Waals surface area contributed by atoms with E-state index in [-0.39, 0.29) is 22.7 Å². The molecule has 2 rings (SSSR count). The number of hydrogen-bond acceptors (Lipinski definition) is 5. The van der Waals surface area contributed by atoms with Crippen LogP contribution in [0.2, 0.25) is 0 Å². The van der Waals surface area contributed by atoms with Crippen molar-refractivity contribution < 1.29 is 14.5 Å². The Morgan fingerprint density at radius 3 is 2.52 bits per heavy atom. The number of hydrogen-bond donors (Lipinski definition) is 1. The van der Waals surface area contributed by atoms with Gasteiger partial charge < -0.3 is 10.1 Å². The molecule has 7 heteroatoms. The highest BCUT2D eigenvalue weighted by Gasteiger charge is 2.16. The lowest BCUT2D eigenvalue weighted by Gasteiger charge is -2.09. The third-order valence-electron chi connectivity index (χ3n) is 3.40. The lowest BCUT2D eigenvalue weighted by molar-refractivity contribution is -0.384. The standard InChI is InChI=1S/C18H15N3O4/c1-12-3-5-13(6-4-12)9-14(11-19)18(22)20-16-10-15(21(23)24)7-8-17(16)25-2/h3-10H,1-2H3,(H,20,22)/b14-9+. The van der Waals surface area contributed by atoms with E-state index in [9.17, 15) is 20.2 Å². The number of nitriles is 1. The van der Waals surface area contributed by atoms with Crippen molar-refractivity contribution in [2.45, 2.75) is 6.92 Å². The van der Waals surface area contributed by atoms with E-state index in [2.05, 4.69) is 5.32 Å². The van der Waals surface area contributed by atoms with Crippen LogP contribution < -0.4 is 10.1 Å². The molecule has 0 bridgehead atoms. The average Bonchev–Trinajstić information content (AvgIpc) is 2.60. The monoisotopic (exact) mass is 337 g/mol. The first kappa shape index (κ1) is 17.7. The van der Waals surface area contributed by atoms with Crippen LogP contribution in [-0.4, -0.2) is 17.9 Å². The molecule has 7 nitrogen and oxygen atoms in total. The second-order valence-electron chi connectivity index (χ2n) is 5.18. The van der Waals surface area contributed by atoms with Gasteiger partial charge in [-0.2, -0.15) is 5.26 Å². The molecular formula is C18H15N3O4. The van der Waals surface area contributed by atoms with Gasteiger partial charge in [0.15, 0.2) is 0 Å². The van der Waals surface area contributed by atoms with Gasteiger partial charge in [0.05, 0.1) is 17.7 Å². The van der Waals surface area contributed by atoms with Crippen LogP contribution in [0.4, 0.5) is 11.4 Å². The first-order chi connectivity index (χ1) is 11.9. The third-order valence-corrected chi connectivity index (χ3v) is 3.40.